The maximum Gasteiger partial charge on any atom is 0.239 e. The number of likely N-dealkylation sites (N-methyl/N-ethyl adjacent to an activating group) is 1. The lowest BCUT2D eigenvalue weighted by molar-refractivity contribution is -0.139. The second-order valence-corrected chi connectivity index (χ2v) is 6.01. The van der Waals surface area contributed by atoms with E-state index < -0.39 is 6.04 Å². The molecule has 0 aromatic carbocycles. The molecule has 0 aromatic rings. The van der Waals surface area contributed by atoms with E-state index in [9.17, 15) is 4.79 Å². The SMILES string of the molecule is CC(C)N(C(=O)[C@H](C)N)[C@H]1CCCC[C@H]1N(C)C. The summed E-state index contributed by atoms with van der Waals surface area (Å²) in [4.78, 5) is 16.6. The van der Waals surface area contributed by atoms with Gasteiger partial charge in [0.15, 0.2) is 0 Å². The van der Waals surface area contributed by atoms with Crippen LogP contribution in [0.2, 0.25) is 0 Å². The summed E-state index contributed by atoms with van der Waals surface area (Å²) in [6.45, 7) is 5.95. The minimum atomic E-state index is -0.405. The zero-order chi connectivity index (χ0) is 13.9. The molecule has 106 valence electrons. The number of carbonyl (C=O) groups excluding carboxylic acids is 1. The smallest absolute Gasteiger partial charge is 0.239 e. The van der Waals surface area contributed by atoms with Crippen molar-refractivity contribution < 1.29 is 4.79 Å². The summed E-state index contributed by atoms with van der Waals surface area (Å²) in [5, 5.41) is 0. The highest BCUT2D eigenvalue weighted by molar-refractivity contribution is 5.81. The van der Waals surface area contributed by atoms with Crippen LogP contribution in [0.25, 0.3) is 0 Å². The third-order valence-electron chi connectivity index (χ3n) is 3.91. The molecule has 4 heteroatoms. The molecule has 2 N–H and O–H groups in total. The molecule has 18 heavy (non-hydrogen) atoms. The van der Waals surface area contributed by atoms with Gasteiger partial charge in [0.25, 0.3) is 0 Å². The highest BCUT2D eigenvalue weighted by Gasteiger charge is 2.36. The van der Waals surface area contributed by atoms with Crippen molar-refractivity contribution in [3.05, 3.63) is 0 Å². The molecule has 0 unspecified atom stereocenters. The number of nitrogens with zero attached hydrogens (tertiary/aromatic N) is 2. The van der Waals surface area contributed by atoms with Gasteiger partial charge in [0, 0.05) is 18.1 Å². The van der Waals surface area contributed by atoms with Crippen LogP contribution in [0.1, 0.15) is 46.5 Å². The van der Waals surface area contributed by atoms with E-state index in [-0.39, 0.29) is 11.9 Å². The standard InChI is InChI=1S/C14H29N3O/c1-10(2)17(14(18)11(3)15)13-9-7-6-8-12(13)16(4)5/h10-13H,6-9,15H2,1-5H3/t11-,12+,13-/m0/s1. The van der Waals surface area contributed by atoms with Crippen molar-refractivity contribution in [1.29, 1.82) is 0 Å². The normalized spacial score (nSPS) is 26.4. The lowest BCUT2D eigenvalue weighted by Gasteiger charge is -2.45. The molecule has 0 aromatic heterocycles. The predicted octanol–water partition coefficient (Wildman–Crippen LogP) is 1.44. The van der Waals surface area contributed by atoms with Gasteiger partial charge in [-0.2, -0.15) is 0 Å². The Balaban J connectivity index is 2.92. The highest BCUT2D eigenvalue weighted by Crippen LogP contribution is 2.27. The third kappa shape index (κ3) is 3.45. The summed E-state index contributed by atoms with van der Waals surface area (Å²) in [6.07, 6.45) is 4.74. The average molecular weight is 255 g/mol. The number of rotatable bonds is 4. The quantitative estimate of drug-likeness (QED) is 0.827. The van der Waals surface area contributed by atoms with E-state index >= 15 is 0 Å². The first-order chi connectivity index (χ1) is 8.36. The lowest BCUT2D eigenvalue weighted by atomic mass is 9.87. The number of hydrogen-bond donors (Lipinski definition) is 1. The van der Waals surface area contributed by atoms with Crippen molar-refractivity contribution in [3.8, 4) is 0 Å². The highest BCUT2D eigenvalue weighted by atomic mass is 16.2. The summed E-state index contributed by atoms with van der Waals surface area (Å²) < 4.78 is 0. The molecule has 0 radical (unpaired) electrons. The van der Waals surface area contributed by atoms with E-state index in [1.807, 2.05) is 4.90 Å². The topological polar surface area (TPSA) is 49.6 Å². The van der Waals surface area contributed by atoms with Crippen LogP contribution < -0.4 is 5.73 Å². The van der Waals surface area contributed by atoms with E-state index in [4.69, 9.17) is 5.73 Å². The van der Waals surface area contributed by atoms with E-state index in [1.165, 1.54) is 19.3 Å². The van der Waals surface area contributed by atoms with Gasteiger partial charge >= 0.3 is 0 Å². The summed E-state index contributed by atoms with van der Waals surface area (Å²) in [5.41, 5.74) is 5.80. The van der Waals surface area contributed by atoms with Crippen molar-refractivity contribution >= 4 is 5.91 Å². The summed E-state index contributed by atoms with van der Waals surface area (Å²) in [7, 11) is 4.22. The number of carbonyl (C=O) groups is 1. The van der Waals surface area contributed by atoms with Crippen LogP contribution in [0, 0.1) is 0 Å². The lowest BCUT2D eigenvalue weighted by Crippen LogP contribution is -2.58. The summed E-state index contributed by atoms with van der Waals surface area (Å²) >= 11 is 0. The number of nitrogens with two attached hydrogens (primary N) is 1. The molecule has 0 spiro atoms. The Hall–Kier alpha value is -0.610. The van der Waals surface area contributed by atoms with Gasteiger partial charge in [-0.3, -0.25) is 4.79 Å². The molecule has 0 heterocycles. The van der Waals surface area contributed by atoms with Crippen LogP contribution in [0.15, 0.2) is 0 Å². The minimum absolute atomic E-state index is 0.0868. The maximum absolute atomic E-state index is 12.3. The molecular formula is C14H29N3O. The molecule has 4 nitrogen and oxygen atoms in total. The largest absolute Gasteiger partial charge is 0.334 e. The van der Waals surface area contributed by atoms with Crippen LogP contribution in [0.4, 0.5) is 0 Å². The molecule has 0 saturated heterocycles. The summed E-state index contributed by atoms with van der Waals surface area (Å²) in [6, 6.07) is 0.585. The summed E-state index contributed by atoms with van der Waals surface area (Å²) in [5.74, 6) is 0.0868. The molecule has 1 fully saturated rings. The van der Waals surface area contributed by atoms with Gasteiger partial charge in [-0.25, -0.2) is 0 Å². The zero-order valence-electron chi connectivity index (χ0n) is 12.5. The fraction of sp³-hybridized carbons (Fsp3) is 0.929. The van der Waals surface area contributed by atoms with Gasteiger partial charge in [0.05, 0.1) is 6.04 Å². The minimum Gasteiger partial charge on any atom is -0.334 e. The average Bonchev–Trinajstić information content (AvgIpc) is 2.28. The van der Waals surface area contributed by atoms with Crippen molar-refractivity contribution in [1.82, 2.24) is 9.80 Å². The Kier molecular flexibility index (Phi) is 5.60. The monoisotopic (exact) mass is 255 g/mol. The molecule has 0 bridgehead atoms. The molecule has 1 amide bonds. The first kappa shape index (κ1) is 15.4. The Labute approximate surface area is 111 Å². The number of amides is 1. The third-order valence-corrected chi connectivity index (χ3v) is 3.91. The second kappa shape index (κ2) is 6.53. The van der Waals surface area contributed by atoms with Crippen molar-refractivity contribution in [2.24, 2.45) is 5.73 Å². The first-order valence-corrected chi connectivity index (χ1v) is 7.10. The molecule has 0 aliphatic heterocycles. The van der Waals surface area contributed by atoms with E-state index in [0.717, 1.165) is 6.42 Å². The zero-order valence-corrected chi connectivity index (χ0v) is 12.5. The Morgan fingerprint density at radius 2 is 1.61 bits per heavy atom. The Morgan fingerprint density at radius 1 is 1.11 bits per heavy atom. The molecule has 1 saturated carbocycles. The van der Waals surface area contributed by atoms with Crippen LogP contribution >= 0.6 is 0 Å². The van der Waals surface area contributed by atoms with Gasteiger partial charge in [-0.15, -0.1) is 0 Å². The number of hydrogen-bond acceptors (Lipinski definition) is 3. The van der Waals surface area contributed by atoms with Gasteiger partial charge in [0.1, 0.15) is 0 Å². The van der Waals surface area contributed by atoms with Gasteiger partial charge < -0.3 is 15.5 Å². The predicted molar refractivity (Wildman–Crippen MR) is 75.4 cm³/mol. The van der Waals surface area contributed by atoms with E-state index in [1.54, 1.807) is 6.92 Å². The first-order valence-electron chi connectivity index (χ1n) is 7.10. The van der Waals surface area contributed by atoms with Crippen LogP contribution in [0.3, 0.4) is 0 Å². The van der Waals surface area contributed by atoms with Crippen LogP contribution in [-0.2, 0) is 4.79 Å². The van der Waals surface area contributed by atoms with E-state index in [0.29, 0.717) is 12.1 Å². The van der Waals surface area contributed by atoms with Crippen LogP contribution in [-0.4, -0.2) is 54.0 Å². The fourth-order valence-electron chi connectivity index (χ4n) is 3.05. The van der Waals surface area contributed by atoms with Crippen molar-refractivity contribution in [2.45, 2.75) is 70.6 Å². The molecule has 1 aliphatic rings. The second-order valence-electron chi connectivity index (χ2n) is 6.01. The van der Waals surface area contributed by atoms with E-state index in [2.05, 4.69) is 32.8 Å². The van der Waals surface area contributed by atoms with Gasteiger partial charge in [0.2, 0.25) is 5.91 Å². The fourth-order valence-corrected chi connectivity index (χ4v) is 3.05. The van der Waals surface area contributed by atoms with Crippen LogP contribution in [0.5, 0.6) is 0 Å². The maximum atomic E-state index is 12.3. The molecule has 3 atom stereocenters. The van der Waals surface area contributed by atoms with Crippen molar-refractivity contribution in [2.75, 3.05) is 14.1 Å². The van der Waals surface area contributed by atoms with Crippen molar-refractivity contribution in [3.63, 3.8) is 0 Å². The van der Waals surface area contributed by atoms with Gasteiger partial charge in [-0.05, 0) is 47.7 Å². The Bertz CT molecular complexity index is 276. The Morgan fingerprint density at radius 3 is 2.00 bits per heavy atom. The van der Waals surface area contributed by atoms with Gasteiger partial charge in [-0.1, -0.05) is 12.8 Å². The molecule has 1 aliphatic carbocycles. The molecular weight excluding hydrogens is 226 g/mol. The molecule has 1 rings (SSSR count).